The molecule has 0 saturated heterocycles. The number of hydrogen-bond donors (Lipinski definition) is 1. The van der Waals surface area contributed by atoms with Gasteiger partial charge in [-0.2, -0.15) is 0 Å². The van der Waals surface area contributed by atoms with E-state index in [1.807, 2.05) is 5.51 Å². The van der Waals surface area contributed by atoms with Crippen LogP contribution in [0.5, 0.6) is 0 Å². The maximum Gasteiger partial charge on any atom is 0.0795 e. The molecule has 4 heteroatoms. The van der Waals surface area contributed by atoms with Crippen molar-refractivity contribution < 1.29 is 0 Å². The van der Waals surface area contributed by atoms with Crippen LogP contribution in [0.25, 0.3) is 0 Å². The normalized spacial score (nSPS) is 11.9. The van der Waals surface area contributed by atoms with Gasteiger partial charge in [0, 0.05) is 29.9 Å². The lowest BCUT2D eigenvalue weighted by atomic mass is 10.1. The van der Waals surface area contributed by atoms with Gasteiger partial charge in [0.1, 0.15) is 0 Å². The minimum Gasteiger partial charge on any atom is -0.348 e. The lowest BCUT2D eigenvalue weighted by Gasteiger charge is -2.19. The summed E-state index contributed by atoms with van der Waals surface area (Å²) in [6, 6.07) is 2.16. The summed E-state index contributed by atoms with van der Waals surface area (Å²) >= 11 is 1.64. The van der Waals surface area contributed by atoms with E-state index in [-0.39, 0.29) is 5.54 Å². The largest absolute Gasteiger partial charge is 0.348 e. The average Bonchev–Trinajstić information content (AvgIpc) is 2.86. The lowest BCUT2D eigenvalue weighted by molar-refractivity contribution is 0.424. The SMILES string of the molecule is CC(C)(C)NCc1ccn(Cc2cscn2)c1. The van der Waals surface area contributed by atoms with Crippen molar-refractivity contribution in [2.45, 2.75) is 39.4 Å². The van der Waals surface area contributed by atoms with E-state index < -0.39 is 0 Å². The van der Waals surface area contributed by atoms with Gasteiger partial charge in [-0.15, -0.1) is 11.3 Å². The highest BCUT2D eigenvalue weighted by atomic mass is 32.1. The first-order valence-corrected chi connectivity index (χ1v) is 6.74. The van der Waals surface area contributed by atoms with E-state index in [1.54, 1.807) is 11.3 Å². The third kappa shape index (κ3) is 3.98. The number of aromatic nitrogens is 2. The molecule has 0 amide bonds. The second-order valence-corrected chi connectivity index (χ2v) is 5.99. The molecular weight excluding hydrogens is 230 g/mol. The molecule has 2 rings (SSSR count). The molecule has 0 atom stereocenters. The molecular formula is C13H19N3S. The summed E-state index contributed by atoms with van der Waals surface area (Å²) in [6.45, 7) is 8.31. The second kappa shape index (κ2) is 5.02. The summed E-state index contributed by atoms with van der Waals surface area (Å²) in [5.74, 6) is 0. The summed E-state index contributed by atoms with van der Waals surface area (Å²) in [5.41, 5.74) is 4.48. The summed E-state index contributed by atoms with van der Waals surface area (Å²) in [6.07, 6.45) is 4.29. The smallest absolute Gasteiger partial charge is 0.0795 e. The maximum absolute atomic E-state index is 4.29. The Morgan fingerprint density at radius 3 is 2.88 bits per heavy atom. The van der Waals surface area contributed by atoms with Crippen molar-refractivity contribution in [3.63, 3.8) is 0 Å². The van der Waals surface area contributed by atoms with Gasteiger partial charge < -0.3 is 9.88 Å². The molecule has 0 aliphatic carbocycles. The monoisotopic (exact) mass is 249 g/mol. The third-order valence-electron chi connectivity index (χ3n) is 2.46. The van der Waals surface area contributed by atoms with Gasteiger partial charge in [0.2, 0.25) is 0 Å². The number of hydrogen-bond acceptors (Lipinski definition) is 3. The van der Waals surface area contributed by atoms with Crippen LogP contribution in [0.4, 0.5) is 0 Å². The van der Waals surface area contributed by atoms with Crippen molar-refractivity contribution in [1.82, 2.24) is 14.9 Å². The van der Waals surface area contributed by atoms with E-state index >= 15 is 0 Å². The Morgan fingerprint density at radius 2 is 2.24 bits per heavy atom. The van der Waals surface area contributed by atoms with Gasteiger partial charge in [-0.05, 0) is 32.4 Å². The maximum atomic E-state index is 4.29. The van der Waals surface area contributed by atoms with Crippen molar-refractivity contribution in [2.75, 3.05) is 0 Å². The number of rotatable bonds is 4. The van der Waals surface area contributed by atoms with Gasteiger partial charge in [-0.25, -0.2) is 4.98 Å². The molecule has 92 valence electrons. The molecule has 0 spiro atoms. The van der Waals surface area contributed by atoms with E-state index in [0.29, 0.717) is 0 Å². The molecule has 17 heavy (non-hydrogen) atoms. The molecule has 1 N–H and O–H groups in total. The second-order valence-electron chi connectivity index (χ2n) is 5.28. The van der Waals surface area contributed by atoms with E-state index in [9.17, 15) is 0 Å². The van der Waals surface area contributed by atoms with Gasteiger partial charge in [0.15, 0.2) is 0 Å². The highest BCUT2D eigenvalue weighted by Crippen LogP contribution is 2.08. The molecule has 0 radical (unpaired) electrons. The van der Waals surface area contributed by atoms with Crippen LogP contribution in [-0.4, -0.2) is 15.1 Å². The fourth-order valence-corrected chi connectivity index (χ4v) is 2.11. The molecule has 2 aromatic rings. The first-order chi connectivity index (χ1) is 8.03. The fourth-order valence-electron chi connectivity index (χ4n) is 1.56. The van der Waals surface area contributed by atoms with Gasteiger partial charge in [-0.3, -0.25) is 0 Å². The van der Waals surface area contributed by atoms with E-state index in [1.165, 1.54) is 5.56 Å². The minimum absolute atomic E-state index is 0.164. The quantitative estimate of drug-likeness (QED) is 0.903. The first-order valence-electron chi connectivity index (χ1n) is 5.80. The minimum atomic E-state index is 0.164. The zero-order valence-electron chi connectivity index (χ0n) is 10.6. The molecule has 3 nitrogen and oxygen atoms in total. The van der Waals surface area contributed by atoms with Crippen LogP contribution in [0.15, 0.2) is 29.4 Å². The Kier molecular flexibility index (Phi) is 3.64. The van der Waals surface area contributed by atoms with Crippen LogP contribution in [0.2, 0.25) is 0 Å². The van der Waals surface area contributed by atoms with Gasteiger partial charge >= 0.3 is 0 Å². The first kappa shape index (κ1) is 12.3. The topological polar surface area (TPSA) is 29.9 Å². The molecule has 0 fully saturated rings. The predicted molar refractivity (Wildman–Crippen MR) is 72.2 cm³/mol. The summed E-state index contributed by atoms with van der Waals surface area (Å²) in [4.78, 5) is 4.29. The van der Waals surface area contributed by atoms with E-state index in [4.69, 9.17) is 0 Å². The van der Waals surface area contributed by atoms with Crippen LogP contribution in [0.1, 0.15) is 32.0 Å². The third-order valence-corrected chi connectivity index (χ3v) is 3.10. The molecule has 0 aromatic carbocycles. The highest BCUT2D eigenvalue weighted by Gasteiger charge is 2.08. The standard InChI is InChI=1S/C13H19N3S/c1-13(2,3)15-6-11-4-5-16(7-11)8-12-9-17-10-14-12/h4-5,7,9-10,15H,6,8H2,1-3H3. The van der Waals surface area contributed by atoms with Crippen molar-refractivity contribution in [3.8, 4) is 0 Å². The van der Waals surface area contributed by atoms with Crippen LogP contribution in [-0.2, 0) is 13.1 Å². The van der Waals surface area contributed by atoms with Gasteiger partial charge in [0.05, 0.1) is 17.7 Å². The lowest BCUT2D eigenvalue weighted by Crippen LogP contribution is -2.34. The Labute approximate surface area is 107 Å². The van der Waals surface area contributed by atoms with Crippen LogP contribution >= 0.6 is 11.3 Å². The van der Waals surface area contributed by atoms with E-state index in [0.717, 1.165) is 18.8 Å². The Hall–Kier alpha value is -1.13. The average molecular weight is 249 g/mol. The van der Waals surface area contributed by atoms with Crippen molar-refractivity contribution in [1.29, 1.82) is 0 Å². The highest BCUT2D eigenvalue weighted by molar-refractivity contribution is 7.07. The molecule has 0 unspecified atom stereocenters. The zero-order chi connectivity index (χ0) is 12.3. The Morgan fingerprint density at radius 1 is 1.41 bits per heavy atom. The van der Waals surface area contributed by atoms with Crippen LogP contribution in [0.3, 0.4) is 0 Å². The molecule has 0 saturated carbocycles. The van der Waals surface area contributed by atoms with Crippen molar-refractivity contribution in [3.05, 3.63) is 40.6 Å². The predicted octanol–water partition coefficient (Wildman–Crippen LogP) is 2.88. The molecule has 0 bridgehead atoms. The Balaban J connectivity index is 1.92. The zero-order valence-corrected chi connectivity index (χ0v) is 11.4. The van der Waals surface area contributed by atoms with Gasteiger partial charge in [0.25, 0.3) is 0 Å². The van der Waals surface area contributed by atoms with Gasteiger partial charge in [-0.1, -0.05) is 0 Å². The Bertz CT molecular complexity index is 451. The molecule has 2 heterocycles. The van der Waals surface area contributed by atoms with Crippen molar-refractivity contribution in [2.24, 2.45) is 0 Å². The van der Waals surface area contributed by atoms with Crippen molar-refractivity contribution >= 4 is 11.3 Å². The van der Waals surface area contributed by atoms with Crippen LogP contribution < -0.4 is 5.32 Å². The van der Waals surface area contributed by atoms with Crippen LogP contribution in [0, 0.1) is 0 Å². The molecule has 2 aromatic heterocycles. The number of nitrogens with zero attached hydrogens (tertiary/aromatic N) is 2. The summed E-state index contributed by atoms with van der Waals surface area (Å²) in [5, 5.41) is 5.57. The number of nitrogens with one attached hydrogen (secondary N) is 1. The fraction of sp³-hybridized carbons (Fsp3) is 0.462. The number of thiazole rings is 1. The molecule has 0 aliphatic heterocycles. The van der Waals surface area contributed by atoms with E-state index in [2.05, 4.69) is 59.5 Å². The summed E-state index contributed by atoms with van der Waals surface area (Å²) in [7, 11) is 0. The molecule has 0 aliphatic rings. The summed E-state index contributed by atoms with van der Waals surface area (Å²) < 4.78 is 2.18.